The monoisotopic (exact) mass is 457 g/mol. The van der Waals surface area contributed by atoms with Crippen LogP contribution in [0.15, 0.2) is 29.2 Å². The highest BCUT2D eigenvalue weighted by Gasteiger charge is 2.25. The summed E-state index contributed by atoms with van der Waals surface area (Å²) in [6, 6.07) is 8.55. The Hall–Kier alpha value is -3.61. The molecular formula is C25H27N7O2. The molecule has 9 nitrogen and oxygen atoms in total. The third-order valence-electron chi connectivity index (χ3n) is 7.20. The van der Waals surface area contributed by atoms with Gasteiger partial charge in [-0.25, -0.2) is 4.98 Å². The molecule has 0 atom stereocenters. The van der Waals surface area contributed by atoms with E-state index in [-0.39, 0.29) is 11.5 Å². The van der Waals surface area contributed by atoms with Crippen LogP contribution in [-0.2, 0) is 4.74 Å². The number of pyridine rings is 1. The molecule has 0 unspecified atom stereocenters. The lowest BCUT2D eigenvalue weighted by Gasteiger charge is -2.34. The minimum Gasteiger partial charge on any atom is -0.381 e. The maximum Gasteiger partial charge on any atom is 0.261 e. The number of hydrogen-bond donors (Lipinski definition) is 3. The average molecular weight is 458 g/mol. The van der Waals surface area contributed by atoms with Crippen molar-refractivity contribution in [2.24, 2.45) is 0 Å². The van der Waals surface area contributed by atoms with Crippen molar-refractivity contribution >= 4 is 27.6 Å². The summed E-state index contributed by atoms with van der Waals surface area (Å²) < 4.78 is 5.50. The van der Waals surface area contributed by atoms with Crippen LogP contribution in [0.25, 0.3) is 33.3 Å². The van der Waals surface area contributed by atoms with E-state index in [1.54, 1.807) is 6.20 Å². The normalized spacial score (nSPS) is 18.1. The number of rotatable bonds is 3. The Labute approximate surface area is 196 Å². The molecule has 3 N–H and O–H groups in total. The first-order chi connectivity index (χ1) is 16.6. The van der Waals surface area contributed by atoms with Gasteiger partial charge in [-0.3, -0.25) is 4.79 Å². The van der Waals surface area contributed by atoms with Crippen LogP contribution < -0.4 is 10.5 Å². The van der Waals surface area contributed by atoms with Gasteiger partial charge in [0, 0.05) is 68.3 Å². The van der Waals surface area contributed by atoms with Crippen molar-refractivity contribution in [3.05, 3.63) is 46.0 Å². The molecule has 6 rings (SSSR count). The molecule has 5 heterocycles. The zero-order valence-electron chi connectivity index (χ0n) is 19.1. The molecule has 1 aromatic carbocycles. The second-order valence-corrected chi connectivity index (χ2v) is 9.27. The molecule has 2 fully saturated rings. The average Bonchev–Trinajstić information content (AvgIpc) is 3.45. The molecule has 2 saturated heterocycles. The maximum atomic E-state index is 13.0. The molecular weight excluding hydrogens is 430 g/mol. The molecule has 0 saturated carbocycles. The maximum absolute atomic E-state index is 13.0. The second kappa shape index (κ2) is 8.31. The number of aromatic nitrogens is 4. The standard InChI is InChI=1S/C25H27N7O2/c1-31-6-8-32(9-7-31)16-2-3-19-20(12-16)29-24(28-19)21-23-18(14-27-25(21)33)17(13-26)22(30-23)15-4-10-34-11-5-15/h2-3,12,14-15,30H,4-11H2,1H3,(H,27,33)(H,28,29). The lowest BCUT2D eigenvalue weighted by atomic mass is 9.94. The Bertz CT molecular complexity index is 1460. The van der Waals surface area contributed by atoms with E-state index in [0.717, 1.165) is 66.8 Å². The van der Waals surface area contributed by atoms with Crippen molar-refractivity contribution in [2.75, 3.05) is 51.3 Å². The van der Waals surface area contributed by atoms with Crippen LogP contribution in [0.5, 0.6) is 0 Å². The molecule has 3 aromatic heterocycles. The molecule has 34 heavy (non-hydrogen) atoms. The van der Waals surface area contributed by atoms with Crippen LogP contribution in [0.2, 0.25) is 0 Å². The highest BCUT2D eigenvalue weighted by Crippen LogP contribution is 2.35. The fraction of sp³-hybridized carbons (Fsp3) is 0.400. The predicted molar refractivity (Wildman–Crippen MR) is 131 cm³/mol. The number of hydrogen-bond acceptors (Lipinski definition) is 6. The first kappa shape index (κ1) is 21.0. The van der Waals surface area contributed by atoms with Gasteiger partial charge in [0.15, 0.2) is 0 Å². The minimum atomic E-state index is -0.241. The lowest BCUT2D eigenvalue weighted by molar-refractivity contribution is 0.0846. The van der Waals surface area contributed by atoms with E-state index in [1.807, 2.05) is 6.07 Å². The molecule has 4 aromatic rings. The number of anilines is 1. The third kappa shape index (κ3) is 3.47. The van der Waals surface area contributed by atoms with E-state index in [1.165, 1.54) is 0 Å². The Morgan fingerprint density at radius 2 is 1.94 bits per heavy atom. The van der Waals surface area contributed by atoms with Crippen LogP contribution in [0.4, 0.5) is 5.69 Å². The van der Waals surface area contributed by atoms with Crippen molar-refractivity contribution in [2.45, 2.75) is 18.8 Å². The molecule has 2 aliphatic heterocycles. The predicted octanol–water partition coefficient (Wildman–Crippen LogP) is 2.92. The second-order valence-electron chi connectivity index (χ2n) is 9.27. The van der Waals surface area contributed by atoms with Crippen molar-refractivity contribution in [3.8, 4) is 17.5 Å². The minimum absolute atomic E-state index is 0.209. The van der Waals surface area contributed by atoms with Crippen molar-refractivity contribution in [3.63, 3.8) is 0 Å². The third-order valence-corrected chi connectivity index (χ3v) is 7.20. The molecule has 0 aliphatic carbocycles. The molecule has 0 bridgehead atoms. The summed E-state index contributed by atoms with van der Waals surface area (Å²) in [5.74, 6) is 0.710. The summed E-state index contributed by atoms with van der Waals surface area (Å²) >= 11 is 0. The molecule has 9 heteroatoms. The lowest BCUT2D eigenvalue weighted by Crippen LogP contribution is -2.44. The van der Waals surface area contributed by atoms with Crippen LogP contribution >= 0.6 is 0 Å². The SMILES string of the molecule is CN1CCN(c2ccc3nc(-c4c(=O)[nH]cc5c(C#N)c(C6CCOCC6)[nH]c45)[nH]c3c2)CC1. The summed E-state index contributed by atoms with van der Waals surface area (Å²) in [6.07, 6.45) is 3.34. The van der Waals surface area contributed by atoms with Gasteiger partial charge in [-0.05, 0) is 38.1 Å². The van der Waals surface area contributed by atoms with E-state index in [2.05, 4.69) is 50.0 Å². The zero-order chi connectivity index (χ0) is 23.2. The first-order valence-electron chi connectivity index (χ1n) is 11.8. The molecule has 0 radical (unpaired) electrons. The number of nitrogens with zero attached hydrogens (tertiary/aromatic N) is 4. The molecule has 174 valence electrons. The van der Waals surface area contributed by atoms with Crippen molar-refractivity contribution < 1.29 is 4.74 Å². The fourth-order valence-corrected chi connectivity index (χ4v) is 5.22. The summed E-state index contributed by atoms with van der Waals surface area (Å²) in [4.78, 5) is 32.1. The molecule has 0 amide bonds. The number of fused-ring (bicyclic) bond motifs is 2. The van der Waals surface area contributed by atoms with Gasteiger partial charge in [-0.15, -0.1) is 0 Å². The number of imidazole rings is 1. The largest absolute Gasteiger partial charge is 0.381 e. The highest BCUT2D eigenvalue weighted by molar-refractivity contribution is 5.97. The number of piperazine rings is 1. The van der Waals surface area contributed by atoms with E-state index in [9.17, 15) is 10.1 Å². The van der Waals surface area contributed by atoms with Crippen LogP contribution in [0.1, 0.15) is 30.0 Å². The number of nitriles is 1. The van der Waals surface area contributed by atoms with Gasteiger partial charge in [0.25, 0.3) is 5.56 Å². The van der Waals surface area contributed by atoms with Crippen LogP contribution in [0.3, 0.4) is 0 Å². The fourth-order valence-electron chi connectivity index (χ4n) is 5.22. The first-order valence-corrected chi connectivity index (χ1v) is 11.8. The van der Waals surface area contributed by atoms with E-state index < -0.39 is 0 Å². The Morgan fingerprint density at radius 1 is 1.15 bits per heavy atom. The van der Waals surface area contributed by atoms with Crippen molar-refractivity contribution in [1.29, 1.82) is 5.26 Å². The number of nitrogens with one attached hydrogen (secondary N) is 3. The van der Waals surface area contributed by atoms with Gasteiger partial charge in [-0.1, -0.05) is 0 Å². The van der Waals surface area contributed by atoms with Gasteiger partial charge < -0.3 is 29.5 Å². The van der Waals surface area contributed by atoms with Crippen LogP contribution in [-0.4, -0.2) is 71.3 Å². The van der Waals surface area contributed by atoms with Gasteiger partial charge in [0.05, 0.1) is 22.1 Å². The summed E-state index contributed by atoms with van der Waals surface area (Å²) in [6.45, 7) is 5.39. The Morgan fingerprint density at radius 3 is 2.71 bits per heavy atom. The Kier molecular flexibility index (Phi) is 5.12. The smallest absolute Gasteiger partial charge is 0.261 e. The number of aromatic amines is 3. The summed E-state index contributed by atoms with van der Waals surface area (Å²) in [7, 11) is 2.14. The van der Waals surface area contributed by atoms with Gasteiger partial charge in [0.2, 0.25) is 0 Å². The molecule has 0 spiro atoms. The highest BCUT2D eigenvalue weighted by atomic mass is 16.5. The summed E-state index contributed by atoms with van der Waals surface area (Å²) in [5.41, 5.74) is 5.17. The number of ether oxygens (including phenoxy) is 1. The summed E-state index contributed by atoms with van der Waals surface area (Å²) in [5, 5.41) is 10.6. The van der Waals surface area contributed by atoms with Crippen LogP contribution in [0, 0.1) is 11.3 Å². The van der Waals surface area contributed by atoms with E-state index in [0.29, 0.717) is 35.7 Å². The quantitative estimate of drug-likeness (QED) is 0.436. The number of H-pyrrole nitrogens is 3. The van der Waals surface area contributed by atoms with E-state index >= 15 is 0 Å². The number of benzene rings is 1. The van der Waals surface area contributed by atoms with Crippen molar-refractivity contribution in [1.82, 2.24) is 24.8 Å². The molecule has 2 aliphatic rings. The van der Waals surface area contributed by atoms with Gasteiger partial charge >= 0.3 is 0 Å². The van der Waals surface area contributed by atoms with E-state index in [4.69, 9.17) is 9.72 Å². The Balaban J connectivity index is 1.44. The van der Waals surface area contributed by atoms with Gasteiger partial charge in [-0.2, -0.15) is 5.26 Å². The zero-order valence-corrected chi connectivity index (χ0v) is 19.1. The van der Waals surface area contributed by atoms with Gasteiger partial charge in [0.1, 0.15) is 17.5 Å². The topological polar surface area (TPSA) is 117 Å². The number of likely N-dealkylation sites (N-methyl/N-ethyl adjacent to an activating group) is 1.